The zero-order chi connectivity index (χ0) is 17.2. The third-order valence-electron chi connectivity index (χ3n) is 4.82. The molecule has 25 heavy (non-hydrogen) atoms. The molecule has 7 nitrogen and oxygen atoms in total. The molecular weight excluding hydrogens is 318 g/mol. The van der Waals surface area contributed by atoms with Gasteiger partial charge in [0.05, 0.1) is 25.2 Å². The number of amides is 1. The Bertz CT molecular complexity index is 755. The Balaban J connectivity index is 1.45. The van der Waals surface area contributed by atoms with Crippen LogP contribution in [0.3, 0.4) is 0 Å². The molecular formula is C18H23N5O2. The van der Waals surface area contributed by atoms with Crippen LogP contribution in [-0.4, -0.2) is 43.5 Å². The number of carbonyl (C=O) groups is 1. The Morgan fingerprint density at radius 2 is 2.20 bits per heavy atom. The summed E-state index contributed by atoms with van der Waals surface area (Å²) in [5.74, 6) is 1.02. The summed E-state index contributed by atoms with van der Waals surface area (Å²) < 4.78 is 7.92. The molecule has 132 valence electrons. The molecule has 1 saturated carbocycles. The van der Waals surface area contributed by atoms with Gasteiger partial charge >= 0.3 is 6.01 Å². The second-order valence-electron chi connectivity index (χ2n) is 7.12. The van der Waals surface area contributed by atoms with Gasteiger partial charge in [0.15, 0.2) is 0 Å². The molecule has 0 N–H and O–H groups in total. The summed E-state index contributed by atoms with van der Waals surface area (Å²) in [6, 6.07) is 2.24. The summed E-state index contributed by atoms with van der Waals surface area (Å²) in [4.78, 5) is 27.3. The number of aromatic nitrogens is 4. The molecule has 0 radical (unpaired) electrons. The average molecular weight is 341 g/mol. The highest BCUT2D eigenvalue weighted by molar-refractivity contribution is 5.76. The lowest BCUT2D eigenvalue weighted by Gasteiger charge is -2.24. The van der Waals surface area contributed by atoms with Crippen molar-refractivity contribution in [3.63, 3.8) is 0 Å². The van der Waals surface area contributed by atoms with Gasteiger partial charge in [-0.05, 0) is 31.7 Å². The first-order valence-corrected chi connectivity index (χ1v) is 8.86. The minimum atomic E-state index is 0.183. The summed E-state index contributed by atoms with van der Waals surface area (Å²) in [6.07, 6.45) is 8.43. The topological polar surface area (TPSA) is 73.1 Å². The highest BCUT2D eigenvalue weighted by atomic mass is 16.5. The Morgan fingerprint density at radius 3 is 3.00 bits per heavy atom. The van der Waals surface area contributed by atoms with Crippen LogP contribution in [0.2, 0.25) is 0 Å². The number of ether oxygens (including phenoxy) is 1. The minimum absolute atomic E-state index is 0.183. The van der Waals surface area contributed by atoms with Crippen LogP contribution in [0.5, 0.6) is 6.01 Å². The third-order valence-corrected chi connectivity index (χ3v) is 4.82. The molecule has 3 heterocycles. The van der Waals surface area contributed by atoms with E-state index >= 15 is 0 Å². The quantitative estimate of drug-likeness (QED) is 0.829. The van der Waals surface area contributed by atoms with Crippen molar-refractivity contribution in [2.75, 3.05) is 13.2 Å². The molecule has 2 aliphatic rings. The lowest BCUT2D eigenvalue weighted by molar-refractivity contribution is -0.132. The lowest BCUT2D eigenvalue weighted by Crippen LogP contribution is -2.36. The highest BCUT2D eigenvalue weighted by Gasteiger charge is 2.30. The van der Waals surface area contributed by atoms with Crippen LogP contribution in [-0.2, 0) is 17.9 Å². The number of aryl methyl sites for hydroxylation is 1. The van der Waals surface area contributed by atoms with Crippen molar-refractivity contribution in [2.45, 2.75) is 39.3 Å². The maximum absolute atomic E-state index is 12.6. The summed E-state index contributed by atoms with van der Waals surface area (Å²) in [5, 5.41) is 0. The number of carbonyl (C=O) groups excluding carboxylic acids is 1. The molecule has 0 saturated heterocycles. The molecule has 0 spiro atoms. The van der Waals surface area contributed by atoms with Gasteiger partial charge in [0.2, 0.25) is 5.91 Å². The van der Waals surface area contributed by atoms with Crippen LogP contribution in [0, 0.1) is 18.8 Å². The van der Waals surface area contributed by atoms with Crippen molar-refractivity contribution in [3.8, 4) is 6.01 Å². The van der Waals surface area contributed by atoms with E-state index in [2.05, 4.69) is 19.5 Å². The standard InChI is InChI=1S/C18H23N5O2/c1-13-4-5-20-18(21-13)25-11-15-8-22(17(24)6-14-2-3-14)10-16-7-19-12-23(16)9-15/h4-5,7,12,14-15H,2-3,6,8-11H2,1H3/t15-/m0/s1. The second-order valence-corrected chi connectivity index (χ2v) is 7.12. The van der Waals surface area contributed by atoms with Gasteiger partial charge in [0.1, 0.15) is 0 Å². The third kappa shape index (κ3) is 3.97. The van der Waals surface area contributed by atoms with E-state index < -0.39 is 0 Å². The molecule has 1 amide bonds. The molecule has 0 aromatic carbocycles. The Labute approximate surface area is 147 Å². The SMILES string of the molecule is Cc1ccnc(OC[C@H]2CN(C(=O)CC3CC3)Cc3cncn3C2)n1. The summed E-state index contributed by atoms with van der Waals surface area (Å²) in [7, 11) is 0. The highest BCUT2D eigenvalue weighted by Crippen LogP contribution is 2.33. The molecule has 7 heteroatoms. The first-order valence-electron chi connectivity index (χ1n) is 8.86. The number of rotatable bonds is 5. The largest absolute Gasteiger partial charge is 0.463 e. The minimum Gasteiger partial charge on any atom is -0.463 e. The molecule has 0 bridgehead atoms. The predicted octanol–water partition coefficient (Wildman–Crippen LogP) is 1.82. The predicted molar refractivity (Wildman–Crippen MR) is 90.7 cm³/mol. The fourth-order valence-electron chi connectivity index (χ4n) is 3.23. The van der Waals surface area contributed by atoms with Crippen LogP contribution in [0.25, 0.3) is 0 Å². The van der Waals surface area contributed by atoms with E-state index in [0.717, 1.165) is 17.9 Å². The van der Waals surface area contributed by atoms with Gasteiger partial charge in [0, 0.05) is 43.5 Å². The number of hydrogen-bond donors (Lipinski definition) is 0. The summed E-state index contributed by atoms with van der Waals surface area (Å²) in [5.41, 5.74) is 1.96. The van der Waals surface area contributed by atoms with Gasteiger partial charge in [0.25, 0.3) is 0 Å². The van der Waals surface area contributed by atoms with Crippen molar-refractivity contribution in [1.29, 1.82) is 0 Å². The van der Waals surface area contributed by atoms with E-state index in [1.807, 2.05) is 30.4 Å². The van der Waals surface area contributed by atoms with Crippen LogP contribution in [0.15, 0.2) is 24.8 Å². The Hall–Kier alpha value is -2.44. The van der Waals surface area contributed by atoms with E-state index in [9.17, 15) is 4.79 Å². The molecule has 2 aromatic rings. The van der Waals surface area contributed by atoms with Gasteiger partial charge in [-0.1, -0.05) is 0 Å². The molecule has 1 aliphatic carbocycles. The monoisotopic (exact) mass is 341 g/mol. The van der Waals surface area contributed by atoms with Crippen molar-refractivity contribution in [2.24, 2.45) is 11.8 Å². The molecule has 0 unspecified atom stereocenters. The first kappa shape index (κ1) is 16.1. The first-order chi connectivity index (χ1) is 12.2. The van der Waals surface area contributed by atoms with Crippen molar-refractivity contribution in [1.82, 2.24) is 24.4 Å². The maximum Gasteiger partial charge on any atom is 0.316 e. The van der Waals surface area contributed by atoms with Gasteiger partial charge < -0.3 is 14.2 Å². The zero-order valence-electron chi connectivity index (χ0n) is 14.5. The van der Waals surface area contributed by atoms with E-state index in [1.54, 1.807) is 6.20 Å². The van der Waals surface area contributed by atoms with Crippen LogP contribution < -0.4 is 4.74 Å². The Kier molecular flexibility index (Phi) is 4.38. The van der Waals surface area contributed by atoms with E-state index in [1.165, 1.54) is 12.8 Å². The van der Waals surface area contributed by atoms with Crippen LogP contribution in [0.4, 0.5) is 0 Å². The number of fused-ring (bicyclic) bond motifs is 1. The maximum atomic E-state index is 12.6. The molecule has 1 atom stereocenters. The summed E-state index contributed by atoms with van der Waals surface area (Å²) in [6.45, 7) is 4.50. The number of imidazole rings is 1. The second kappa shape index (κ2) is 6.82. The van der Waals surface area contributed by atoms with Crippen molar-refractivity contribution >= 4 is 5.91 Å². The van der Waals surface area contributed by atoms with E-state index in [0.29, 0.717) is 38.0 Å². The van der Waals surface area contributed by atoms with Crippen molar-refractivity contribution < 1.29 is 9.53 Å². The molecule has 4 rings (SSSR count). The molecule has 1 fully saturated rings. The van der Waals surface area contributed by atoms with Gasteiger partial charge in [-0.2, -0.15) is 0 Å². The average Bonchev–Trinajstić information content (AvgIpc) is 3.34. The van der Waals surface area contributed by atoms with E-state index in [4.69, 9.17) is 4.74 Å². The lowest BCUT2D eigenvalue weighted by atomic mass is 10.1. The molecule has 2 aromatic heterocycles. The van der Waals surface area contributed by atoms with Crippen LogP contribution in [0.1, 0.15) is 30.7 Å². The Morgan fingerprint density at radius 1 is 1.32 bits per heavy atom. The number of nitrogens with zero attached hydrogens (tertiary/aromatic N) is 5. The number of hydrogen-bond acceptors (Lipinski definition) is 5. The normalized spacial score (nSPS) is 20.0. The van der Waals surface area contributed by atoms with Gasteiger partial charge in [-0.25, -0.2) is 15.0 Å². The van der Waals surface area contributed by atoms with Gasteiger partial charge in [-0.3, -0.25) is 4.79 Å². The van der Waals surface area contributed by atoms with Crippen molar-refractivity contribution in [3.05, 3.63) is 36.2 Å². The smallest absolute Gasteiger partial charge is 0.316 e. The fourth-order valence-corrected chi connectivity index (χ4v) is 3.23. The summed E-state index contributed by atoms with van der Waals surface area (Å²) >= 11 is 0. The molecule has 1 aliphatic heterocycles. The van der Waals surface area contributed by atoms with Crippen LogP contribution >= 0.6 is 0 Å². The zero-order valence-corrected chi connectivity index (χ0v) is 14.5. The van der Waals surface area contributed by atoms with E-state index in [-0.39, 0.29) is 11.8 Å². The van der Waals surface area contributed by atoms with Gasteiger partial charge in [-0.15, -0.1) is 0 Å². The fraction of sp³-hybridized carbons (Fsp3) is 0.556.